The van der Waals surface area contributed by atoms with E-state index in [0.717, 1.165) is 30.4 Å². The van der Waals surface area contributed by atoms with Crippen molar-refractivity contribution in [3.63, 3.8) is 0 Å². The molecule has 35 heavy (non-hydrogen) atoms. The molecule has 2 heterocycles. The molecule has 0 unspecified atom stereocenters. The molecule has 2 aliphatic heterocycles. The molecular formula is C27H30N2O5S. The van der Waals surface area contributed by atoms with Gasteiger partial charge in [-0.25, -0.2) is 8.42 Å². The normalized spacial score (nSPS) is 22.0. The predicted octanol–water partition coefficient (Wildman–Crippen LogP) is 3.48. The Morgan fingerprint density at radius 1 is 1.09 bits per heavy atom. The van der Waals surface area contributed by atoms with Crippen LogP contribution in [-0.2, 0) is 26.0 Å². The lowest BCUT2D eigenvalue weighted by molar-refractivity contribution is -0.170. The lowest BCUT2D eigenvalue weighted by atomic mass is 9.90. The van der Waals surface area contributed by atoms with E-state index in [1.807, 2.05) is 17.0 Å². The fourth-order valence-electron chi connectivity index (χ4n) is 5.54. The highest BCUT2D eigenvalue weighted by Gasteiger charge is 2.47. The van der Waals surface area contributed by atoms with Gasteiger partial charge >= 0.3 is 0 Å². The topological polar surface area (TPSA) is 76.2 Å². The second-order valence-corrected chi connectivity index (χ2v) is 11.9. The molecule has 1 amide bonds. The van der Waals surface area contributed by atoms with Crippen molar-refractivity contribution < 1.29 is 22.7 Å². The molecule has 2 aliphatic carbocycles. The number of carbonyl (C=O) groups excluding carboxylic acids is 1. The van der Waals surface area contributed by atoms with Crippen molar-refractivity contribution in [2.24, 2.45) is 0 Å². The Hall–Kier alpha value is -2.68. The molecule has 0 bridgehead atoms. The van der Waals surface area contributed by atoms with E-state index in [4.69, 9.17) is 9.47 Å². The zero-order valence-electron chi connectivity index (χ0n) is 19.9. The molecular weight excluding hydrogens is 464 g/mol. The summed E-state index contributed by atoms with van der Waals surface area (Å²) in [7, 11) is -2.11. The zero-order valence-corrected chi connectivity index (χ0v) is 20.7. The van der Waals surface area contributed by atoms with Gasteiger partial charge in [-0.3, -0.25) is 4.79 Å². The molecule has 0 aromatic heterocycles. The van der Waals surface area contributed by atoms with Crippen LogP contribution in [0.15, 0.2) is 47.4 Å². The summed E-state index contributed by atoms with van der Waals surface area (Å²) in [6, 6.07) is 11.8. The number of benzene rings is 2. The first kappa shape index (κ1) is 22.8. The number of nitrogens with zero attached hydrogens (tertiary/aromatic N) is 2. The lowest BCUT2D eigenvalue weighted by Crippen LogP contribution is -2.59. The summed E-state index contributed by atoms with van der Waals surface area (Å²) < 4.78 is 40.2. The number of sulfonamides is 1. The van der Waals surface area contributed by atoms with Crippen LogP contribution in [0.5, 0.6) is 5.75 Å². The summed E-state index contributed by atoms with van der Waals surface area (Å²) >= 11 is 0. The molecule has 1 spiro atoms. The number of fused-ring (bicyclic) bond motifs is 1. The Labute approximate surface area is 206 Å². The average Bonchev–Trinajstić information content (AvgIpc) is 3.62. The summed E-state index contributed by atoms with van der Waals surface area (Å²) in [6.45, 7) is 1.41. The Bertz CT molecular complexity index is 1310. The molecule has 0 radical (unpaired) electrons. The van der Waals surface area contributed by atoms with Gasteiger partial charge in [0.15, 0.2) is 0 Å². The third-order valence-electron chi connectivity index (χ3n) is 7.80. The van der Waals surface area contributed by atoms with E-state index in [1.54, 1.807) is 19.2 Å². The van der Waals surface area contributed by atoms with Gasteiger partial charge < -0.3 is 14.4 Å². The van der Waals surface area contributed by atoms with Crippen molar-refractivity contribution in [3.05, 3.63) is 53.6 Å². The number of methoxy groups -OCH3 is 1. The second-order valence-electron chi connectivity index (χ2n) is 10.0. The molecule has 2 aromatic carbocycles. The number of amides is 1. The molecule has 3 fully saturated rings. The molecule has 4 aliphatic rings. The van der Waals surface area contributed by atoms with Crippen LogP contribution in [0, 0.1) is 0 Å². The third-order valence-corrected chi connectivity index (χ3v) is 9.70. The number of piperidine rings is 1. The van der Waals surface area contributed by atoms with E-state index in [-0.39, 0.29) is 17.4 Å². The molecule has 2 aromatic rings. The minimum absolute atomic E-state index is 0.0556. The van der Waals surface area contributed by atoms with Crippen LogP contribution in [0.25, 0.3) is 17.2 Å². The highest BCUT2D eigenvalue weighted by atomic mass is 32.2. The molecule has 0 N–H and O–H groups in total. The minimum Gasteiger partial charge on any atom is -0.496 e. The lowest BCUT2D eigenvalue weighted by Gasteiger charge is -2.46. The van der Waals surface area contributed by atoms with Gasteiger partial charge in [0.1, 0.15) is 12.4 Å². The van der Waals surface area contributed by atoms with Gasteiger partial charge in [0.2, 0.25) is 15.9 Å². The Balaban J connectivity index is 1.20. The van der Waals surface area contributed by atoms with Crippen molar-refractivity contribution in [2.75, 3.05) is 33.4 Å². The van der Waals surface area contributed by atoms with Gasteiger partial charge in [-0.15, -0.1) is 0 Å². The molecule has 1 saturated carbocycles. The monoisotopic (exact) mass is 494 g/mol. The molecule has 8 heteroatoms. The quantitative estimate of drug-likeness (QED) is 0.636. The van der Waals surface area contributed by atoms with Crippen LogP contribution in [-0.4, -0.2) is 68.5 Å². The van der Waals surface area contributed by atoms with Crippen molar-refractivity contribution >= 4 is 22.0 Å². The summed E-state index contributed by atoms with van der Waals surface area (Å²) in [5, 5.41) is 0. The van der Waals surface area contributed by atoms with E-state index < -0.39 is 15.6 Å². The fraction of sp³-hybridized carbons (Fsp3) is 0.444. The van der Waals surface area contributed by atoms with Crippen LogP contribution >= 0.6 is 0 Å². The Morgan fingerprint density at radius 2 is 1.89 bits per heavy atom. The van der Waals surface area contributed by atoms with E-state index in [9.17, 15) is 13.2 Å². The third kappa shape index (κ3) is 4.07. The van der Waals surface area contributed by atoms with Crippen LogP contribution in [0.1, 0.15) is 36.8 Å². The van der Waals surface area contributed by atoms with Crippen LogP contribution in [0.2, 0.25) is 0 Å². The van der Waals surface area contributed by atoms with Gasteiger partial charge in [-0.1, -0.05) is 30.4 Å². The van der Waals surface area contributed by atoms with Gasteiger partial charge in [0.05, 0.1) is 24.2 Å². The van der Waals surface area contributed by atoms with Gasteiger partial charge in [0, 0.05) is 30.8 Å². The standard InChI is InChI=1S/C27H30N2O5S/c1-33-25-16-23(9-10-24(25)21-6-5-19-3-2-4-20(19)15-21)35(31,32)28-13-11-27(12-14-28)18-29(22-7-8-22)26(30)17-34-27/h2-3,5-6,9-10,15-16,22H,4,7-8,11-14,17-18H2,1H3. The first-order chi connectivity index (χ1) is 16.9. The fourth-order valence-corrected chi connectivity index (χ4v) is 7.00. The Kier molecular flexibility index (Phi) is 5.51. The number of carbonyl (C=O) groups is 1. The van der Waals surface area contributed by atoms with Gasteiger partial charge in [0.25, 0.3) is 0 Å². The first-order valence-corrected chi connectivity index (χ1v) is 13.7. The molecule has 184 valence electrons. The second kappa shape index (κ2) is 8.47. The molecule has 0 atom stereocenters. The summed E-state index contributed by atoms with van der Waals surface area (Å²) in [5.74, 6) is 0.597. The Morgan fingerprint density at radius 3 is 2.63 bits per heavy atom. The zero-order chi connectivity index (χ0) is 24.2. The maximum Gasteiger partial charge on any atom is 0.248 e. The molecule has 7 nitrogen and oxygen atoms in total. The smallest absolute Gasteiger partial charge is 0.248 e. The highest BCUT2D eigenvalue weighted by molar-refractivity contribution is 7.89. The van der Waals surface area contributed by atoms with E-state index in [2.05, 4.69) is 24.3 Å². The van der Waals surface area contributed by atoms with Gasteiger partial charge in [-0.05, 0) is 60.9 Å². The maximum atomic E-state index is 13.5. The summed E-state index contributed by atoms with van der Waals surface area (Å²) in [5.41, 5.74) is 3.93. The van der Waals surface area contributed by atoms with E-state index in [1.165, 1.54) is 15.4 Å². The largest absolute Gasteiger partial charge is 0.496 e. The number of morpholine rings is 1. The summed E-state index contributed by atoms with van der Waals surface area (Å²) in [4.78, 5) is 14.4. The minimum atomic E-state index is -3.68. The SMILES string of the molecule is COc1cc(S(=O)(=O)N2CCC3(CC2)CN(C2CC2)C(=O)CO3)ccc1-c1ccc2c(c1)CC=C2. The number of ether oxygens (including phenoxy) is 2. The van der Waals surface area contributed by atoms with Gasteiger partial charge in [-0.2, -0.15) is 4.31 Å². The number of allylic oxidation sites excluding steroid dienone is 1. The highest BCUT2D eigenvalue weighted by Crippen LogP contribution is 2.39. The van der Waals surface area contributed by atoms with E-state index >= 15 is 0 Å². The van der Waals surface area contributed by atoms with Crippen molar-refractivity contribution in [1.82, 2.24) is 9.21 Å². The first-order valence-electron chi connectivity index (χ1n) is 12.3. The van der Waals surface area contributed by atoms with Crippen LogP contribution < -0.4 is 4.74 Å². The number of hydrogen-bond acceptors (Lipinski definition) is 5. The average molecular weight is 495 g/mol. The van der Waals surface area contributed by atoms with Crippen molar-refractivity contribution in [3.8, 4) is 16.9 Å². The summed E-state index contributed by atoms with van der Waals surface area (Å²) in [6.07, 6.45) is 8.45. The van der Waals surface area contributed by atoms with E-state index in [0.29, 0.717) is 44.3 Å². The molecule has 6 rings (SSSR count). The molecule has 2 saturated heterocycles. The van der Waals surface area contributed by atoms with Crippen LogP contribution in [0.4, 0.5) is 0 Å². The maximum absolute atomic E-state index is 13.5. The number of hydrogen-bond donors (Lipinski definition) is 0. The number of rotatable bonds is 5. The van der Waals surface area contributed by atoms with Crippen LogP contribution in [0.3, 0.4) is 0 Å². The van der Waals surface area contributed by atoms with Crippen molar-refractivity contribution in [1.29, 1.82) is 0 Å². The predicted molar refractivity (Wildman–Crippen MR) is 133 cm³/mol. The van der Waals surface area contributed by atoms with Crippen molar-refractivity contribution in [2.45, 2.75) is 48.6 Å².